The van der Waals surface area contributed by atoms with Crippen LogP contribution in [0.1, 0.15) is 42.4 Å². The molecule has 0 spiro atoms. The molecule has 2 aromatic carbocycles. The van der Waals surface area contributed by atoms with Crippen LogP contribution in [0.4, 0.5) is 0 Å². The number of rotatable bonds is 3. The Morgan fingerprint density at radius 1 is 1.05 bits per heavy atom. The molecule has 2 aromatic rings. The molecule has 0 heterocycles. The summed E-state index contributed by atoms with van der Waals surface area (Å²) in [6, 6.07) is 14.8. The average molecular weight is 286 g/mol. The fourth-order valence-electron chi connectivity index (χ4n) is 2.30. The lowest BCUT2D eigenvalue weighted by atomic mass is 9.84. The summed E-state index contributed by atoms with van der Waals surface area (Å²) in [5.74, 6) is 0.665. The number of nitrogens with zero attached hydrogens (tertiary/aromatic N) is 1. The Morgan fingerprint density at radius 3 is 2.25 bits per heavy atom. The first-order valence-electron chi connectivity index (χ1n) is 6.51. The van der Waals surface area contributed by atoms with E-state index in [1.165, 1.54) is 5.56 Å². The van der Waals surface area contributed by atoms with E-state index in [1.807, 2.05) is 30.3 Å². The Labute approximate surface area is 124 Å². The normalized spacial score (nSPS) is 13.5. The Bertz CT molecular complexity index is 643. The van der Waals surface area contributed by atoms with Crippen molar-refractivity contribution in [2.45, 2.75) is 25.7 Å². The molecular weight excluding hydrogens is 270 g/mol. The van der Waals surface area contributed by atoms with Gasteiger partial charge in [0.15, 0.2) is 0 Å². The van der Waals surface area contributed by atoms with Gasteiger partial charge in [0.2, 0.25) is 0 Å². The quantitative estimate of drug-likeness (QED) is 0.878. The lowest BCUT2D eigenvalue weighted by Crippen LogP contribution is -2.05. The second-order valence-electron chi connectivity index (χ2n) is 5.02. The van der Waals surface area contributed by atoms with Crippen LogP contribution < -0.4 is 0 Å². The maximum atomic E-state index is 9.42. The minimum atomic E-state index is 0.178. The van der Waals surface area contributed by atoms with Gasteiger partial charge in [-0.15, -0.1) is 0 Å². The molecule has 0 saturated heterocycles. The molecule has 0 amide bonds. The number of halogens is 1. The maximum Gasteiger partial charge on any atom is 0.117 e. The number of hydrogen-bond acceptors (Lipinski definition) is 2. The third kappa shape index (κ3) is 2.95. The van der Waals surface area contributed by atoms with Crippen molar-refractivity contribution in [2.75, 3.05) is 0 Å². The van der Waals surface area contributed by atoms with E-state index >= 15 is 0 Å². The molecule has 3 heteroatoms. The van der Waals surface area contributed by atoms with Gasteiger partial charge in [0.05, 0.1) is 11.6 Å². The first-order chi connectivity index (χ1) is 9.52. The average Bonchev–Trinajstić information content (AvgIpc) is 2.46. The zero-order valence-electron chi connectivity index (χ0n) is 11.5. The van der Waals surface area contributed by atoms with E-state index < -0.39 is 0 Å². The molecule has 20 heavy (non-hydrogen) atoms. The molecule has 102 valence electrons. The fraction of sp³-hybridized carbons (Fsp3) is 0.235. The third-order valence-corrected chi connectivity index (χ3v) is 4.12. The smallest absolute Gasteiger partial charge is 0.117 e. The van der Waals surface area contributed by atoms with Crippen molar-refractivity contribution in [2.24, 2.45) is 0 Å². The Kier molecular flexibility index (Phi) is 4.32. The van der Waals surface area contributed by atoms with Crippen molar-refractivity contribution in [1.82, 2.24) is 0 Å². The summed E-state index contributed by atoms with van der Waals surface area (Å²) in [4.78, 5) is 0. The van der Waals surface area contributed by atoms with E-state index in [9.17, 15) is 5.11 Å². The van der Waals surface area contributed by atoms with Crippen LogP contribution in [0.15, 0.2) is 42.5 Å². The molecule has 0 saturated carbocycles. The van der Waals surface area contributed by atoms with Crippen LogP contribution in [-0.4, -0.2) is 5.11 Å². The van der Waals surface area contributed by atoms with E-state index in [-0.39, 0.29) is 17.6 Å². The topological polar surface area (TPSA) is 44.0 Å². The van der Waals surface area contributed by atoms with Gasteiger partial charge in [-0.3, -0.25) is 0 Å². The summed E-state index contributed by atoms with van der Waals surface area (Å²) in [5, 5.41) is 18.8. The first-order valence-corrected chi connectivity index (χ1v) is 6.89. The van der Waals surface area contributed by atoms with Gasteiger partial charge in [-0.1, -0.05) is 43.6 Å². The van der Waals surface area contributed by atoms with Crippen LogP contribution in [0, 0.1) is 11.3 Å². The number of aromatic hydroxyl groups is 1. The van der Waals surface area contributed by atoms with Crippen molar-refractivity contribution < 1.29 is 5.11 Å². The van der Waals surface area contributed by atoms with Crippen LogP contribution in [-0.2, 0) is 0 Å². The summed E-state index contributed by atoms with van der Waals surface area (Å²) in [5.41, 5.74) is 2.85. The van der Waals surface area contributed by atoms with Gasteiger partial charge < -0.3 is 5.11 Å². The van der Waals surface area contributed by atoms with Gasteiger partial charge in [-0.05, 0) is 47.2 Å². The highest BCUT2D eigenvalue weighted by atomic mass is 35.5. The molecule has 0 aliphatic heterocycles. The third-order valence-electron chi connectivity index (χ3n) is 3.79. The molecule has 0 aliphatic carbocycles. The molecule has 2 unspecified atom stereocenters. The predicted molar refractivity (Wildman–Crippen MR) is 81.1 cm³/mol. The number of hydrogen-bond donors (Lipinski definition) is 1. The summed E-state index contributed by atoms with van der Waals surface area (Å²) >= 11 is 6.20. The second-order valence-corrected chi connectivity index (χ2v) is 5.42. The molecule has 0 radical (unpaired) electrons. The molecule has 2 atom stereocenters. The highest BCUT2D eigenvalue weighted by Gasteiger charge is 2.18. The number of phenols is 1. The predicted octanol–water partition coefficient (Wildman–Crippen LogP) is 4.82. The van der Waals surface area contributed by atoms with E-state index in [2.05, 4.69) is 19.9 Å². The van der Waals surface area contributed by atoms with E-state index in [0.717, 1.165) is 5.56 Å². The largest absolute Gasteiger partial charge is 0.508 e. The highest BCUT2D eigenvalue weighted by Crippen LogP contribution is 2.37. The van der Waals surface area contributed by atoms with Crippen LogP contribution in [0.5, 0.6) is 5.75 Å². The van der Waals surface area contributed by atoms with Crippen molar-refractivity contribution in [3.63, 3.8) is 0 Å². The Morgan fingerprint density at radius 2 is 1.70 bits per heavy atom. The van der Waals surface area contributed by atoms with Crippen molar-refractivity contribution in [3.05, 3.63) is 64.2 Å². The Hall–Kier alpha value is -1.98. The van der Waals surface area contributed by atoms with Gasteiger partial charge in [0.25, 0.3) is 0 Å². The zero-order valence-corrected chi connectivity index (χ0v) is 12.2. The molecule has 0 bridgehead atoms. The molecule has 0 aromatic heterocycles. The van der Waals surface area contributed by atoms with Crippen LogP contribution in [0.25, 0.3) is 0 Å². The lowest BCUT2D eigenvalue weighted by Gasteiger charge is -2.22. The van der Waals surface area contributed by atoms with Crippen molar-refractivity contribution in [1.29, 1.82) is 5.26 Å². The molecule has 0 fully saturated rings. The fourth-order valence-corrected chi connectivity index (χ4v) is 2.65. The number of nitriles is 1. The molecule has 1 N–H and O–H groups in total. The van der Waals surface area contributed by atoms with Crippen LogP contribution >= 0.6 is 11.6 Å². The van der Waals surface area contributed by atoms with Crippen molar-refractivity contribution in [3.8, 4) is 11.8 Å². The van der Waals surface area contributed by atoms with Gasteiger partial charge in [-0.2, -0.15) is 5.26 Å². The maximum absolute atomic E-state index is 9.42. The number of benzene rings is 2. The highest BCUT2D eigenvalue weighted by molar-refractivity contribution is 6.31. The van der Waals surface area contributed by atoms with E-state index in [1.54, 1.807) is 12.1 Å². The minimum absolute atomic E-state index is 0.178. The lowest BCUT2D eigenvalue weighted by molar-refractivity contribution is 0.474. The summed E-state index contributed by atoms with van der Waals surface area (Å²) in [6.45, 7) is 4.25. The SMILES string of the molecule is CC(c1ccc(C#N)cc1)C(C)c1ccc(O)cc1Cl. The van der Waals surface area contributed by atoms with E-state index in [0.29, 0.717) is 10.6 Å². The number of phenolic OH excluding ortho intramolecular Hbond substituents is 1. The van der Waals surface area contributed by atoms with Gasteiger partial charge in [0.1, 0.15) is 5.75 Å². The molecule has 2 rings (SSSR count). The summed E-state index contributed by atoms with van der Waals surface area (Å²) in [6.07, 6.45) is 0. The van der Waals surface area contributed by atoms with E-state index in [4.69, 9.17) is 16.9 Å². The Balaban J connectivity index is 2.27. The first kappa shape index (κ1) is 14.4. The summed E-state index contributed by atoms with van der Waals surface area (Å²) < 4.78 is 0. The second kappa shape index (κ2) is 5.98. The van der Waals surface area contributed by atoms with Crippen LogP contribution in [0.2, 0.25) is 5.02 Å². The molecule has 2 nitrogen and oxygen atoms in total. The van der Waals surface area contributed by atoms with Gasteiger partial charge >= 0.3 is 0 Å². The molecule has 0 aliphatic rings. The standard InChI is InChI=1S/C17H16ClNO/c1-11(14-5-3-13(10-19)4-6-14)12(2)16-8-7-15(20)9-17(16)18/h3-9,11-12,20H,1-2H3. The molecular formula is C17H16ClNO. The zero-order chi connectivity index (χ0) is 14.7. The minimum Gasteiger partial charge on any atom is -0.508 e. The van der Waals surface area contributed by atoms with Crippen LogP contribution in [0.3, 0.4) is 0 Å². The van der Waals surface area contributed by atoms with Gasteiger partial charge in [-0.25, -0.2) is 0 Å². The van der Waals surface area contributed by atoms with Gasteiger partial charge in [0, 0.05) is 5.02 Å². The monoisotopic (exact) mass is 285 g/mol. The van der Waals surface area contributed by atoms with Crippen molar-refractivity contribution >= 4 is 11.6 Å². The summed E-state index contributed by atoms with van der Waals surface area (Å²) in [7, 11) is 0.